The van der Waals surface area contributed by atoms with Crippen LogP contribution in [0.4, 0.5) is 0 Å². The number of aromatic hydroxyl groups is 3. The van der Waals surface area contributed by atoms with E-state index in [0.29, 0.717) is 5.56 Å². The highest BCUT2D eigenvalue weighted by atomic mass is 16.7. The average molecular weight is 933 g/mol. The first-order valence-electron chi connectivity index (χ1n) is 20.3. The fraction of sp³-hybridized carbons (Fsp3) is 0.442. The normalized spacial score (nSPS) is 32.6. The van der Waals surface area contributed by atoms with Crippen LogP contribution in [0.3, 0.4) is 0 Å². The van der Waals surface area contributed by atoms with Crippen LogP contribution in [-0.2, 0) is 28.5 Å². The minimum absolute atomic E-state index is 0.00187. The molecule has 3 fully saturated rings. The molecule has 1 aromatic heterocycles. The highest BCUT2D eigenvalue weighted by Crippen LogP contribution is 2.46. The summed E-state index contributed by atoms with van der Waals surface area (Å²) >= 11 is 0. The molecule has 3 aromatic carbocycles. The van der Waals surface area contributed by atoms with E-state index in [9.17, 15) is 76.0 Å². The van der Waals surface area contributed by atoms with Crippen LogP contribution in [0.25, 0.3) is 28.4 Å². The van der Waals surface area contributed by atoms with Crippen LogP contribution in [0.1, 0.15) is 17.2 Å². The Bertz CT molecular complexity index is 2420. The first-order chi connectivity index (χ1) is 31.4. The summed E-state index contributed by atoms with van der Waals surface area (Å²) in [6.07, 6.45) is -24.4. The number of hydrogen-bond acceptors (Lipinski definition) is 23. The predicted octanol–water partition coefficient (Wildman–Crippen LogP) is -2.63. The van der Waals surface area contributed by atoms with E-state index < -0.39 is 146 Å². The van der Waals surface area contributed by atoms with Gasteiger partial charge in [-0.15, -0.1) is 0 Å². The number of aliphatic hydroxyl groups excluding tert-OH is 10. The van der Waals surface area contributed by atoms with Gasteiger partial charge in [0.25, 0.3) is 0 Å². The van der Waals surface area contributed by atoms with Gasteiger partial charge in [0.15, 0.2) is 23.2 Å². The number of carbonyl (C=O) groups is 1. The maximum atomic E-state index is 13.8. The number of methoxy groups -OCH3 is 1. The lowest BCUT2D eigenvalue weighted by molar-refractivity contribution is -0.342. The zero-order valence-corrected chi connectivity index (χ0v) is 34.5. The Morgan fingerprint density at radius 1 is 0.697 bits per heavy atom. The van der Waals surface area contributed by atoms with Crippen molar-refractivity contribution in [3.8, 4) is 40.1 Å². The lowest BCUT2D eigenvalue weighted by Gasteiger charge is -2.46. The SMILES string of the molecule is COc1cc(-c2cc(=O)c3c(O)c([C@H]4O[C@@H](CO)[C@H](O)[C@H](O)[C@@H]4O[C@H]4O[C@H](COC(=O)C=Cc5ccc(O)cc5)[C@@H](O)[C@H](O)[C@@H]4O)c(O)cc3o2)ccc1O[C@H]1O[C@@H](CO)[C@@H](O)[C@@H](O)[C@@H]1O. The van der Waals surface area contributed by atoms with Crippen LogP contribution in [-0.4, -0.2) is 185 Å². The van der Waals surface area contributed by atoms with Crippen molar-refractivity contribution in [3.05, 3.63) is 82.0 Å². The molecular weight excluding hydrogens is 884 g/mol. The molecule has 23 heteroatoms. The summed E-state index contributed by atoms with van der Waals surface area (Å²) in [5.74, 6) is -2.89. The molecule has 358 valence electrons. The third-order valence-electron chi connectivity index (χ3n) is 11.4. The van der Waals surface area contributed by atoms with Gasteiger partial charge in [-0.2, -0.15) is 0 Å². The summed E-state index contributed by atoms with van der Waals surface area (Å²) < 4.78 is 44.9. The molecule has 23 nitrogen and oxygen atoms in total. The molecule has 7 rings (SSSR count). The van der Waals surface area contributed by atoms with Crippen LogP contribution in [0.2, 0.25) is 0 Å². The second kappa shape index (κ2) is 20.2. The van der Waals surface area contributed by atoms with Crippen LogP contribution in [0, 0.1) is 0 Å². The van der Waals surface area contributed by atoms with Crippen LogP contribution < -0.4 is 14.9 Å². The maximum Gasteiger partial charge on any atom is 0.330 e. The molecule has 3 saturated heterocycles. The van der Waals surface area contributed by atoms with Gasteiger partial charge in [0.1, 0.15) is 120 Å². The molecule has 4 aromatic rings. The molecular formula is C43H48O23. The number of rotatable bonds is 13. The van der Waals surface area contributed by atoms with Crippen molar-refractivity contribution in [2.45, 2.75) is 91.9 Å². The van der Waals surface area contributed by atoms with Crippen molar-refractivity contribution in [1.82, 2.24) is 0 Å². The van der Waals surface area contributed by atoms with Gasteiger partial charge < -0.3 is 104 Å². The molecule has 66 heavy (non-hydrogen) atoms. The Labute approximate surface area is 372 Å². The summed E-state index contributed by atoms with van der Waals surface area (Å²) in [5, 5.41) is 137. The number of esters is 1. The highest BCUT2D eigenvalue weighted by molar-refractivity contribution is 5.88. The minimum atomic E-state index is -2.07. The number of fused-ring (bicyclic) bond motifs is 1. The van der Waals surface area contributed by atoms with E-state index >= 15 is 0 Å². The van der Waals surface area contributed by atoms with Crippen molar-refractivity contribution in [3.63, 3.8) is 0 Å². The summed E-state index contributed by atoms with van der Waals surface area (Å²) in [7, 11) is 1.26. The lowest BCUT2D eigenvalue weighted by atomic mass is 9.89. The van der Waals surface area contributed by atoms with Gasteiger partial charge in [-0.05, 0) is 42.0 Å². The van der Waals surface area contributed by atoms with E-state index in [0.717, 1.165) is 18.2 Å². The van der Waals surface area contributed by atoms with E-state index in [-0.39, 0.29) is 34.2 Å². The lowest BCUT2D eigenvalue weighted by Crippen LogP contribution is -2.63. The van der Waals surface area contributed by atoms with Gasteiger partial charge in [0, 0.05) is 23.8 Å². The molecule has 13 N–H and O–H groups in total. The third kappa shape index (κ3) is 9.67. The molecule has 3 aliphatic rings. The van der Waals surface area contributed by atoms with E-state index in [4.69, 9.17) is 37.6 Å². The minimum Gasteiger partial charge on any atom is -0.508 e. The fourth-order valence-corrected chi connectivity index (χ4v) is 7.69. The summed E-state index contributed by atoms with van der Waals surface area (Å²) in [6, 6.07) is 11.8. The molecule has 0 spiro atoms. The first-order valence-corrected chi connectivity index (χ1v) is 20.3. The van der Waals surface area contributed by atoms with Gasteiger partial charge in [-0.3, -0.25) is 4.79 Å². The molecule has 0 amide bonds. The van der Waals surface area contributed by atoms with E-state index in [1.54, 1.807) is 0 Å². The molecule has 4 heterocycles. The smallest absolute Gasteiger partial charge is 0.330 e. The van der Waals surface area contributed by atoms with Crippen molar-refractivity contribution in [2.75, 3.05) is 26.9 Å². The number of phenols is 3. The second-order valence-electron chi connectivity index (χ2n) is 15.6. The Morgan fingerprint density at radius 3 is 1.98 bits per heavy atom. The quantitative estimate of drug-likeness (QED) is 0.0482. The monoisotopic (exact) mass is 932 g/mol. The first kappa shape index (κ1) is 48.5. The number of aliphatic hydroxyl groups is 10. The number of phenolic OH excluding ortho intramolecular Hbond substituents is 3. The van der Waals surface area contributed by atoms with Gasteiger partial charge in [0.05, 0.1) is 25.9 Å². The second-order valence-corrected chi connectivity index (χ2v) is 15.6. The van der Waals surface area contributed by atoms with E-state index in [2.05, 4.69) is 0 Å². The molecule has 15 atom stereocenters. The molecule has 0 radical (unpaired) electrons. The van der Waals surface area contributed by atoms with Crippen molar-refractivity contribution < 1.29 is 109 Å². The van der Waals surface area contributed by atoms with Gasteiger partial charge in [0.2, 0.25) is 6.29 Å². The molecule has 3 aliphatic heterocycles. The van der Waals surface area contributed by atoms with Crippen molar-refractivity contribution in [2.24, 2.45) is 0 Å². The summed E-state index contributed by atoms with van der Waals surface area (Å²) in [5.41, 5.74) is -1.19. The number of hydrogen-bond donors (Lipinski definition) is 13. The highest BCUT2D eigenvalue weighted by Gasteiger charge is 2.52. The van der Waals surface area contributed by atoms with Crippen LogP contribution in [0.5, 0.6) is 28.7 Å². The van der Waals surface area contributed by atoms with Gasteiger partial charge in [-0.1, -0.05) is 12.1 Å². The van der Waals surface area contributed by atoms with Gasteiger partial charge in [-0.25, -0.2) is 4.79 Å². The Hall–Kier alpha value is -5.48. The number of ether oxygens (including phenoxy) is 7. The Kier molecular flexibility index (Phi) is 14.8. The largest absolute Gasteiger partial charge is 0.508 e. The standard InChI is InChI=1S/C43H48O23/c1-59-23-10-17(5-8-21(23)63-42-38(57)35(54)31(50)26(14-45)64-42)22-11-19(47)29-24(61-22)12-20(48)30(34(29)53)40-41(37(56)32(51)25(13-44)62-40)66-43-39(58)36(55)33(52)27(65-43)15-60-28(49)9-4-16-2-6-18(46)7-3-16/h2-12,25-27,31-33,35-46,48,50-58H,13-15H2,1H3/t25-,26-,27+,31+,32-,33+,35+,36-,37-,38-,39-,40+,41-,42-,43+/m0/s1. The van der Waals surface area contributed by atoms with Crippen LogP contribution >= 0.6 is 0 Å². The Morgan fingerprint density at radius 2 is 1.32 bits per heavy atom. The molecule has 0 aliphatic carbocycles. The Balaban J connectivity index is 1.14. The molecule has 0 bridgehead atoms. The number of carbonyl (C=O) groups excluding carboxylic acids is 1. The molecule has 0 unspecified atom stereocenters. The van der Waals surface area contributed by atoms with E-state index in [1.165, 1.54) is 55.7 Å². The van der Waals surface area contributed by atoms with E-state index in [1.807, 2.05) is 0 Å². The third-order valence-corrected chi connectivity index (χ3v) is 11.4. The number of benzene rings is 3. The van der Waals surface area contributed by atoms with Gasteiger partial charge >= 0.3 is 5.97 Å². The van der Waals surface area contributed by atoms with Crippen LogP contribution in [0.15, 0.2) is 69.9 Å². The maximum absolute atomic E-state index is 13.8. The zero-order valence-electron chi connectivity index (χ0n) is 34.5. The topological polar surface area (TPSA) is 375 Å². The summed E-state index contributed by atoms with van der Waals surface area (Å²) in [4.78, 5) is 26.2. The van der Waals surface area contributed by atoms with Crippen molar-refractivity contribution in [1.29, 1.82) is 0 Å². The fourth-order valence-electron chi connectivity index (χ4n) is 7.69. The predicted molar refractivity (Wildman–Crippen MR) is 219 cm³/mol. The molecule has 0 saturated carbocycles. The summed E-state index contributed by atoms with van der Waals surface area (Å²) in [6.45, 7) is -2.32. The van der Waals surface area contributed by atoms with Crippen molar-refractivity contribution >= 4 is 23.0 Å². The zero-order chi connectivity index (χ0) is 47.7. The average Bonchev–Trinajstić information content (AvgIpc) is 3.30.